The third-order valence-corrected chi connectivity index (χ3v) is 7.99. The van der Waals surface area contributed by atoms with Crippen molar-refractivity contribution in [3.63, 3.8) is 0 Å². The molecule has 46 heavy (non-hydrogen) atoms. The number of amides is 4. The van der Waals surface area contributed by atoms with Crippen LogP contribution in [0.1, 0.15) is 55.8 Å². The monoisotopic (exact) mass is 670 g/mol. The summed E-state index contributed by atoms with van der Waals surface area (Å²) >= 11 is 5.92. The summed E-state index contributed by atoms with van der Waals surface area (Å²) in [6.45, 7) is 0.349. The van der Waals surface area contributed by atoms with Gasteiger partial charge in [-0.2, -0.15) is 8.78 Å². The van der Waals surface area contributed by atoms with Crippen LogP contribution < -0.4 is 21.3 Å². The molecular formula is C31H35ClF4N4O6. The topological polar surface area (TPSA) is 146 Å². The van der Waals surface area contributed by atoms with Crippen molar-refractivity contribution in [2.24, 2.45) is 5.92 Å². The Kier molecular flexibility index (Phi) is 11.8. The Bertz CT molecular complexity index is 1380. The first-order valence-corrected chi connectivity index (χ1v) is 15.2. The van der Waals surface area contributed by atoms with E-state index in [2.05, 4.69) is 21.3 Å². The zero-order valence-electron chi connectivity index (χ0n) is 24.6. The van der Waals surface area contributed by atoms with E-state index in [1.807, 2.05) is 0 Å². The van der Waals surface area contributed by atoms with Crippen molar-refractivity contribution in [1.29, 1.82) is 0 Å². The van der Waals surface area contributed by atoms with E-state index in [0.717, 1.165) is 12.1 Å². The van der Waals surface area contributed by atoms with Gasteiger partial charge in [0.05, 0.1) is 6.04 Å². The van der Waals surface area contributed by atoms with E-state index in [-0.39, 0.29) is 29.0 Å². The summed E-state index contributed by atoms with van der Waals surface area (Å²) in [4.78, 5) is 51.3. The molecule has 1 saturated carbocycles. The highest BCUT2D eigenvalue weighted by Gasteiger charge is 2.46. The smallest absolute Gasteiger partial charge is 0.408 e. The molecule has 0 spiro atoms. The first kappa shape index (κ1) is 35.0. The predicted molar refractivity (Wildman–Crippen MR) is 158 cm³/mol. The van der Waals surface area contributed by atoms with Crippen LogP contribution in [-0.4, -0.2) is 66.1 Å². The summed E-state index contributed by atoms with van der Waals surface area (Å²) in [5.41, 5.74) is -0.665. The van der Waals surface area contributed by atoms with Crippen LogP contribution in [0.15, 0.2) is 54.6 Å². The van der Waals surface area contributed by atoms with Crippen LogP contribution in [0.3, 0.4) is 0 Å². The van der Waals surface area contributed by atoms with Crippen LogP contribution in [0, 0.1) is 5.92 Å². The lowest BCUT2D eigenvalue weighted by atomic mass is 9.94. The second kappa shape index (κ2) is 15.6. The summed E-state index contributed by atoms with van der Waals surface area (Å²) in [5, 5.41) is 20.5. The number of rotatable bonds is 15. The number of aliphatic hydroxyl groups excluding tert-OH is 1. The van der Waals surface area contributed by atoms with Crippen molar-refractivity contribution >= 4 is 35.4 Å². The third kappa shape index (κ3) is 9.55. The maximum atomic E-state index is 15.8. The molecule has 4 amide bonds. The van der Waals surface area contributed by atoms with Crippen molar-refractivity contribution < 1.29 is 46.6 Å². The Morgan fingerprint density at radius 1 is 1.00 bits per heavy atom. The number of halogens is 5. The van der Waals surface area contributed by atoms with Crippen LogP contribution in [0.4, 0.5) is 22.4 Å². The number of alkyl carbamates (subject to hydrolysis) is 1. The molecule has 5 atom stereocenters. The Morgan fingerprint density at radius 3 is 2.33 bits per heavy atom. The highest BCUT2D eigenvalue weighted by Crippen LogP contribution is 2.43. The van der Waals surface area contributed by atoms with Crippen molar-refractivity contribution in [2.75, 3.05) is 6.54 Å². The van der Waals surface area contributed by atoms with Crippen LogP contribution in [0.2, 0.25) is 5.02 Å². The zero-order chi connectivity index (χ0) is 33.4. The van der Waals surface area contributed by atoms with Crippen molar-refractivity contribution in [3.8, 4) is 0 Å². The number of aliphatic hydroxyl groups is 1. The normalized spacial score (nSPS) is 19.0. The van der Waals surface area contributed by atoms with Crippen LogP contribution in [-0.2, 0) is 25.0 Å². The molecule has 0 bridgehead atoms. The van der Waals surface area contributed by atoms with E-state index in [1.54, 1.807) is 6.07 Å². The average Bonchev–Trinajstić information content (AvgIpc) is 3.75. The van der Waals surface area contributed by atoms with E-state index >= 15 is 8.78 Å². The molecule has 0 aromatic heterocycles. The number of carbonyl (C=O) groups is 4. The average molecular weight is 671 g/mol. The predicted octanol–water partition coefficient (Wildman–Crippen LogP) is 3.96. The summed E-state index contributed by atoms with van der Waals surface area (Å²) in [6, 6.07) is 8.64. The second-order valence-corrected chi connectivity index (χ2v) is 11.8. The van der Waals surface area contributed by atoms with Gasteiger partial charge in [-0.15, -0.1) is 0 Å². The highest BCUT2D eigenvalue weighted by molar-refractivity contribution is 6.30. The van der Waals surface area contributed by atoms with E-state index in [1.165, 1.54) is 36.4 Å². The Hall–Kier alpha value is -3.91. The van der Waals surface area contributed by atoms with Gasteiger partial charge in [0.25, 0.3) is 5.91 Å². The molecule has 1 aliphatic heterocycles. The zero-order valence-corrected chi connectivity index (χ0v) is 25.3. The fourth-order valence-corrected chi connectivity index (χ4v) is 5.28. The molecule has 5 N–H and O–H groups in total. The fraction of sp³-hybridized carbons (Fsp3) is 0.484. The molecule has 2 aromatic rings. The maximum absolute atomic E-state index is 15.8. The first-order valence-electron chi connectivity index (χ1n) is 14.9. The van der Waals surface area contributed by atoms with Gasteiger partial charge >= 0.3 is 12.0 Å². The molecule has 4 rings (SSSR count). The molecule has 2 fully saturated rings. The Balaban J connectivity index is 1.53. The lowest BCUT2D eigenvalue weighted by Crippen LogP contribution is -2.56. The Morgan fingerprint density at radius 2 is 1.72 bits per heavy atom. The summed E-state index contributed by atoms with van der Waals surface area (Å²) in [6.07, 6.45) is -8.29. The van der Waals surface area contributed by atoms with Gasteiger partial charge in [-0.1, -0.05) is 54.1 Å². The van der Waals surface area contributed by atoms with Gasteiger partial charge in [0.2, 0.25) is 18.2 Å². The molecule has 250 valence electrons. The number of ether oxygens (including phenoxy) is 1. The molecule has 1 aliphatic carbocycles. The molecule has 0 radical (unpaired) electrons. The van der Waals surface area contributed by atoms with Crippen LogP contribution in [0.25, 0.3) is 0 Å². The van der Waals surface area contributed by atoms with E-state index < -0.39 is 78.9 Å². The van der Waals surface area contributed by atoms with Crippen molar-refractivity contribution in [1.82, 2.24) is 21.3 Å². The van der Waals surface area contributed by atoms with Crippen molar-refractivity contribution in [2.45, 2.75) is 81.2 Å². The van der Waals surface area contributed by atoms with Crippen LogP contribution in [0.5, 0.6) is 0 Å². The minimum absolute atomic E-state index is 0.00909. The number of nitrogens with one attached hydrogen (secondary N) is 4. The largest absolute Gasteiger partial charge is 0.434 e. The maximum Gasteiger partial charge on any atom is 0.408 e. The van der Waals surface area contributed by atoms with Crippen LogP contribution >= 0.6 is 11.6 Å². The van der Waals surface area contributed by atoms with E-state index in [0.29, 0.717) is 25.8 Å². The molecule has 2 unspecified atom stereocenters. The summed E-state index contributed by atoms with van der Waals surface area (Å²) in [5.74, 6) is -6.71. The van der Waals surface area contributed by atoms with Gasteiger partial charge in [0.15, 0.2) is 12.2 Å². The molecular weight excluding hydrogens is 636 g/mol. The third-order valence-electron chi connectivity index (χ3n) is 7.75. The molecule has 15 heteroatoms. The molecule has 2 aliphatic rings. The van der Waals surface area contributed by atoms with Gasteiger partial charge in [-0.25, -0.2) is 13.6 Å². The molecule has 1 saturated heterocycles. The minimum Gasteiger partial charge on any atom is -0.434 e. The van der Waals surface area contributed by atoms with Gasteiger partial charge in [0, 0.05) is 35.5 Å². The molecule has 2 aromatic carbocycles. The van der Waals surface area contributed by atoms with Crippen molar-refractivity contribution in [3.05, 3.63) is 70.7 Å². The van der Waals surface area contributed by atoms with Gasteiger partial charge in [0.1, 0.15) is 6.04 Å². The first-order chi connectivity index (χ1) is 21.8. The summed E-state index contributed by atoms with van der Waals surface area (Å²) < 4.78 is 63.2. The van der Waals surface area contributed by atoms with Gasteiger partial charge in [-0.05, 0) is 49.8 Å². The number of hydrogen-bond acceptors (Lipinski definition) is 6. The van der Waals surface area contributed by atoms with Gasteiger partial charge < -0.3 is 31.1 Å². The quantitative estimate of drug-likeness (QED) is 0.181. The highest BCUT2D eigenvalue weighted by atomic mass is 35.5. The minimum atomic E-state index is -3.82. The van der Waals surface area contributed by atoms with E-state index in [4.69, 9.17) is 16.3 Å². The molecule has 10 nitrogen and oxygen atoms in total. The second-order valence-electron chi connectivity index (χ2n) is 11.3. The number of hydrogen-bond donors (Lipinski definition) is 5. The lowest BCUT2D eigenvalue weighted by Gasteiger charge is -2.30. The number of alkyl halides is 4. The van der Waals surface area contributed by atoms with Gasteiger partial charge in [-0.3, -0.25) is 14.4 Å². The SMILES string of the molecule is O=C(N[C@@H](CCC(F)F)C(=O)N[C@@H](C[C@@H]1CCNC1=O)C(O)C(=O)NC1CC1)OC(c1ccccc1)C(F)(F)c1cccc(Cl)c1. The summed E-state index contributed by atoms with van der Waals surface area (Å²) in [7, 11) is 0. The standard InChI is InChI=1S/C31H35ClF4N4O6/c32-20-8-4-7-19(16-20)31(35,36)26(17-5-2-1-3-6-17)46-30(45)40-22(11-12-24(33)34)28(43)39-23(15-18-13-14-37-27(18)42)25(41)29(44)38-21-9-10-21/h1-8,16,18,21-26,41H,9-15H2,(H,37,42)(H,38,44)(H,39,43)(H,40,45)/t18-,22-,23-,25?,26?/m0/s1. The lowest BCUT2D eigenvalue weighted by molar-refractivity contribution is -0.134. The van der Waals surface area contributed by atoms with E-state index in [9.17, 15) is 33.1 Å². The number of carbonyl (C=O) groups excluding carboxylic acids is 4. The number of benzene rings is 2. The Labute approximate surface area is 267 Å². The molecule has 1 heterocycles. The fourth-order valence-electron chi connectivity index (χ4n) is 5.09.